The predicted molar refractivity (Wildman–Crippen MR) is 51.7 cm³/mol. The van der Waals surface area contributed by atoms with Crippen LogP contribution in [-0.2, 0) is 0 Å². The highest BCUT2D eigenvalue weighted by Crippen LogP contribution is 2.53. The smallest absolute Gasteiger partial charge is 0.0661 e. The summed E-state index contributed by atoms with van der Waals surface area (Å²) in [4.78, 5) is 0. The quantitative estimate of drug-likeness (QED) is 0.717. The van der Waals surface area contributed by atoms with Crippen molar-refractivity contribution in [2.75, 3.05) is 6.54 Å². The molecule has 2 nitrogen and oxygen atoms in total. The zero-order valence-corrected chi connectivity index (χ0v) is 8.08. The fourth-order valence-corrected chi connectivity index (χ4v) is 3.38. The molecule has 4 atom stereocenters. The second-order valence-corrected chi connectivity index (χ2v) is 4.58. The summed E-state index contributed by atoms with van der Waals surface area (Å²) in [6.07, 6.45) is 6.30. The van der Waals surface area contributed by atoms with E-state index in [1.807, 2.05) is 0 Å². The van der Waals surface area contributed by atoms with E-state index in [4.69, 9.17) is 11.0 Å². The first-order valence-corrected chi connectivity index (χ1v) is 5.46. The molecule has 2 saturated carbocycles. The van der Waals surface area contributed by atoms with E-state index < -0.39 is 0 Å². The van der Waals surface area contributed by atoms with Crippen LogP contribution < -0.4 is 5.73 Å². The maximum atomic E-state index is 9.08. The topological polar surface area (TPSA) is 49.8 Å². The van der Waals surface area contributed by atoms with Crippen molar-refractivity contribution in [3.05, 3.63) is 0 Å². The molecule has 2 bridgehead atoms. The van der Waals surface area contributed by atoms with Crippen molar-refractivity contribution in [2.45, 2.75) is 32.1 Å². The molecule has 0 heterocycles. The van der Waals surface area contributed by atoms with E-state index in [-0.39, 0.29) is 0 Å². The lowest BCUT2D eigenvalue weighted by Gasteiger charge is -2.25. The maximum absolute atomic E-state index is 9.08. The van der Waals surface area contributed by atoms with Gasteiger partial charge in [0, 0.05) is 0 Å². The summed E-state index contributed by atoms with van der Waals surface area (Å²) in [6.45, 7) is 0.784. The average Bonchev–Trinajstić information content (AvgIpc) is 2.73. The molecule has 2 N–H and O–H groups in total. The van der Waals surface area contributed by atoms with Crippen LogP contribution in [0.25, 0.3) is 0 Å². The predicted octanol–water partition coefficient (Wildman–Crippen LogP) is 1.91. The standard InChI is InChI=1S/C11H18N2/c12-5-1-2-10-8-3-4-9(6-8)11(10)7-13/h8-11H,1-6,12H2/t8-,9-,10+,11-/m1/s1. The number of nitriles is 1. The Morgan fingerprint density at radius 3 is 2.77 bits per heavy atom. The highest BCUT2D eigenvalue weighted by atomic mass is 14.5. The highest BCUT2D eigenvalue weighted by molar-refractivity contribution is 5.04. The lowest BCUT2D eigenvalue weighted by atomic mass is 9.78. The van der Waals surface area contributed by atoms with Gasteiger partial charge in [-0.2, -0.15) is 5.26 Å². The Morgan fingerprint density at radius 1 is 1.31 bits per heavy atom. The Labute approximate surface area is 80.1 Å². The number of hydrogen-bond acceptors (Lipinski definition) is 2. The van der Waals surface area contributed by atoms with Crippen LogP contribution in [0.2, 0.25) is 0 Å². The summed E-state index contributed by atoms with van der Waals surface area (Å²) < 4.78 is 0. The van der Waals surface area contributed by atoms with E-state index >= 15 is 0 Å². The summed E-state index contributed by atoms with van der Waals surface area (Å²) in [5.41, 5.74) is 5.51. The number of fused-ring (bicyclic) bond motifs is 2. The van der Waals surface area contributed by atoms with Crippen LogP contribution in [0.5, 0.6) is 0 Å². The normalized spacial score (nSPS) is 42.2. The van der Waals surface area contributed by atoms with Crippen molar-refractivity contribution in [2.24, 2.45) is 29.4 Å². The fraction of sp³-hybridized carbons (Fsp3) is 0.909. The van der Waals surface area contributed by atoms with Gasteiger partial charge in [-0.05, 0) is 56.4 Å². The molecule has 0 spiro atoms. The second kappa shape index (κ2) is 3.67. The Bertz CT molecular complexity index is 219. The van der Waals surface area contributed by atoms with Gasteiger partial charge < -0.3 is 5.73 Å². The lowest BCUT2D eigenvalue weighted by Crippen LogP contribution is -2.21. The molecule has 0 unspecified atom stereocenters. The van der Waals surface area contributed by atoms with E-state index in [2.05, 4.69) is 6.07 Å². The van der Waals surface area contributed by atoms with Gasteiger partial charge in [0.1, 0.15) is 0 Å². The largest absolute Gasteiger partial charge is 0.330 e. The molecule has 2 rings (SSSR count). The fourth-order valence-electron chi connectivity index (χ4n) is 3.38. The number of hydrogen-bond donors (Lipinski definition) is 1. The Balaban J connectivity index is 1.97. The number of nitrogens with two attached hydrogens (primary N) is 1. The molecule has 0 amide bonds. The summed E-state index contributed by atoms with van der Waals surface area (Å²) in [6, 6.07) is 2.51. The summed E-state index contributed by atoms with van der Waals surface area (Å²) >= 11 is 0. The van der Waals surface area contributed by atoms with Crippen molar-refractivity contribution in [1.82, 2.24) is 0 Å². The summed E-state index contributed by atoms with van der Waals surface area (Å²) in [5.74, 6) is 2.65. The summed E-state index contributed by atoms with van der Waals surface area (Å²) in [5, 5.41) is 9.08. The van der Waals surface area contributed by atoms with Crippen LogP contribution in [0.3, 0.4) is 0 Å². The van der Waals surface area contributed by atoms with Gasteiger partial charge in [-0.1, -0.05) is 0 Å². The minimum Gasteiger partial charge on any atom is -0.330 e. The number of nitrogens with zero attached hydrogens (tertiary/aromatic N) is 1. The monoisotopic (exact) mass is 178 g/mol. The zero-order valence-electron chi connectivity index (χ0n) is 8.08. The number of rotatable bonds is 3. The van der Waals surface area contributed by atoms with Crippen LogP contribution in [0, 0.1) is 35.0 Å². The molecule has 2 aliphatic rings. The molecule has 0 aromatic rings. The van der Waals surface area contributed by atoms with Crippen LogP contribution in [0.15, 0.2) is 0 Å². The van der Waals surface area contributed by atoms with Gasteiger partial charge in [0.05, 0.1) is 12.0 Å². The van der Waals surface area contributed by atoms with Gasteiger partial charge >= 0.3 is 0 Å². The molecule has 0 radical (unpaired) electrons. The van der Waals surface area contributed by atoms with Gasteiger partial charge in [-0.15, -0.1) is 0 Å². The van der Waals surface area contributed by atoms with Crippen molar-refractivity contribution in [3.63, 3.8) is 0 Å². The van der Waals surface area contributed by atoms with Crippen molar-refractivity contribution in [3.8, 4) is 6.07 Å². The molecule has 0 aromatic carbocycles. The second-order valence-electron chi connectivity index (χ2n) is 4.58. The van der Waals surface area contributed by atoms with Crippen molar-refractivity contribution < 1.29 is 0 Å². The Kier molecular flexibility index (Phi) is 2.55. The van der Waals surface area contributed by atoms with Crippen LogP contribution >= 0.6 is 0 Å². The van der Waals surface area contributed by atoms with E-state index in [1.165, 1.54) is 25.7 Å². The van der Waals surface area contributed by atoms with Gasteiger partial charge in [0.15, 0.2) is 0 Å². The van der Waals surface area contributed by atoms with E-state index in [9.17, 15) is 0 Å². The third-order valence-corrected chi connectivity index (χ3v) is 3.98. The van der Waals surface area contributed by atoms with Gasteiger partial charge in [0.25, 0.3) is 0 Å². The SMILES string of the molecule is N#C[C@@H]1[C@@H]2CC[C@H](C2)[C@@H]1CCCN. The third-order valence-electron chi connectivity index (χ3n) is 3.98. The zero-order chi connectivity index (χ0) is 9.26. The maximum Gasteiger partial charge on any atom is 0.0661 e. The van der Waals surface area contributed by atoms with Crippen molar-refractivity contribution in [1.29, 1.82) is 5.26 Å². The van der Waals surface area contributed by atoms with Gasteiger partial charge in [-0.3, -0.25) is 0 Å². The first-order chi connectivity index (χ1) is 6.36. The Morgan fingerprint density at radius 2 is 2.08 bits per heavy atom. The molecule has 13 heavy (non-hydrogen) atoms. The molecule has 0 saturated heterocycles. The van der Waals surface area contributed by atoms with Crippen molar-refractivity contribution >= 4 is 0 Å². The summed E-state index contributed by atoms with van der Waals surface area (Å²) in [7, 11) is 0. The van der Waals surface area contributed by atoms with Gasteiger partial charge in [0.2, 0.25) is 0 Å². The average molecular weight is 178 g/mol. The minimum atomic E-state index is 0.366. The molecule has 0 aliphatic heterocycles. The minimum absolute atomic E-state index is 0.366. The van der Waals surface area contributed by atoms with Crippen LogP contribution in [0.4, 0.5) is 0 Å². The van der Waals surface area contributed by atoms with E-state index in [0.29, 0.717) is 11.8 Å². The molecule has 2 heteroatoms. The Hall–Kier alpha value is -0.550. The van der Waals surface area contributed by atoms with E-state index in [1.54, 1.807) is 0 Å². The molecular weight excluding hydrogens is 160 g/mol. The van der Waals surface area contributed by atoms with Crippen LogP contribution in [0.1, 0.15) is 32.1 Å². The first-order valence-electron chi connectivity index (χ1n) is 5.46. The molecule has 2 fully saturated rings. The molecule has 0 aromatic heterocycles. The first kappa shape index (κ1) is 9.02. The van der Waals surface area contributed by atoms with E-state index in [0.717, 1.165) is 24.8 Å². The van der Waals surface area contributed by atoms with Crippen LogP contribution in [-0.4, -0.2) is 6.54 Å². The third kappa shape index (κ3) is 1.46. The molecule has 2 aliphatic carbocycles. The van der Waals surface area contributed by atoms with Gasteiger partial charge in [-0.25, -0.2) is 0 Å². The molecule has 72 valence electrons. The molecular formula is C11H18N2. The highest BCUT2D eigenvalue weighted by Gasteiger charge is 2.46. The lowest BCUT2D eigenvalue weighted by molar-refractivity contribution is 0.253.